The molecule has 3 rings (SSSR count). The number of benzene rings is 1. The van der Waals surface area contributed by atoms with Crippen LogP contribution in [-0.2, 0) is 0 Å². The van der Waals surface area contributed by atoms with Gasteiger partial charge in [-0.15, -0.1) is 0 Å². The Balaban J connectivity index is 1.61. The molecule has 21 heavy (non-hydrogen) atoms. The summed E-state index contributed by atoms with van der Waals surface area (Å²) in [5.74, 6) is 0.506. The third-order valence-corrected chi connectivity index (χ3v) is 3.90. The van der Waals surface area contributed by atoms with Gasteiger partial charge in [-0.3, -0.25) is 4.79 Å². The molecule has 110 valence electrons. The van der Waals surface area contributed by atoms with Gasteiger partial charge in [0.15, 0.2) is 0 Å². The highest BCUT2D eigenvalue weighted by atomic mass is 19.1. The van der Waals surface area contributed by atoms with Crippen LogP contribution in [0.3, 0.4) is 0 Å². The van der Waals surface area contributed by atoms with E-state index in [0.29, 0.717) is 5.76 Å². The lowest BCUT2D eigenvalue weighted by molar-refractivity contribution is 0.0901. The van der Waals surface area contributed by atoms with Crippen LogP contribution in [0.15, 0.2) is 34.9 Å². The van der Waals surface area contributed by atoms with E-state index in [1.165, 1.54) is 12.3 Å². The maximum Gasteiger partial charge on any atom is 0.307 e. The van der Waals surface area contributed by atoms with Crippen LogP contribution in [0.25, 0.3) is 0 Å². The van der Waals surface area contributed by atoms with Gasteiger partial charge in [0.2, 0.25) is 0 Å². The number of amides is 1. The summed E-state index contributed by atoms with van der Waals surface area (Å²) in [6.45, 7) is 1.75. The van der Waals surface area contributed by atoms with E-state index in [4.69, 9.17) is 4.42 Å². The number of nitrogens with zero attached hydrogens (tertiary/aromatic N) is 1. The van der Waals surface area contributed by atoms with Gasteiger partial charge in [-0.05, 0) is 49.8 Å². The molecule has 1 aromatic carbocycles. The average molecular weight is 288 g/mol. The van der Waals surface area contributed by atoms with Gasteiger partial charge in [0.05, 0.1) is 6.20 Å². The molecule has 0 saturated heterocycles. The van der Waals surface area contributed by atoms with E-state index in [0.717, 1.165) is 24.8 Å². The minimum Gasteiger partial charge on any atom is -0.438 e. The maximum atomic E-state index is 13.3. The highest BCUT2D eigenvalue weighted by Crippen LogP contribution is 2.34. The Kier molecular flexibility index (Phi) is 3.73. The lowest BCUT2D eigenvalue weighted by Crippen LogP contribution is -2.33. The number of oxazole rings is 1. The predicted molar refractivity (Wildman–Crippen MR) is 75.5 cm³/mol. The van der Waals surface area contributed by atoms with E-state index in [1.807, 2.05) is 6.07 Å². The Hall–Kier alpha value is -2.17. The first-order valence-corrected chi connectivity index (χ1v) is 7.10. The summed E-state index contributed by atoms with van der Waals surface area (Å²) in [5.41, 5.74) is 0.999. The number of carbonyl (C=O) groups excluding carboxylic acids is 1. The molecule has 0 radical (unpaired) electrons. The quantitative estimate of drug-likeness (QED) is 0.943. The van der Waals surface area contributed by atoms with Crippen LogP contribution in [0.5, 0.6) is 0 Å². The van der Waals surface area contributed by atoms with E-state index in [2.05, 4.69) is 10.3 Å². The SMILES string of the molecule is Cc1cnc(C(=O)N[C@H]2CC[C@H](c3cccc(F)c3)C2)o1. The molecule has 1 amide bonds. The van der Waals surface area contributed by atoms with Crippen molar-refractivity contribution in [2.24, 2.45) is 0 Å². The molecule has 0 spiro atoms. The zero-order valence-corrected chi connectivity index (χ0v) is 11.8. The van der Waals surface area contributed by atoms with E-state index >= 15 is 0 Å². The van der Waals surface area contributed by atoms with Crippen molar-refractivity contribution in [1.82, 2.24) is 10.3 Å². The minimum absolute atomic E-state index is 0.0815. The number of rotatable bonds is 3. The van der Waals surface area contributed by atoms with Crippen molar-refractivity contribution in [3.63, 3.8) is 0 Å². The second-order valence-corrected chi connectivity index (χ2v) is 5.51. The molecule has 2 aromatic rings. The monoisotopic (exact) mass is 288 g/mol. The van der Waals surface area contributed by atoms with Gasteiger partial charge in [0.25, 0.3) is 5.89 Å². The number of aryl methyl sites for hydroxylation is 1. The summed E-state index contributed by atoms with van der Waals surface area (Å²) in [7, 11) is 0. The number of hydrogen-bond donors (Lipinski definition) is 1. The molecule has 0 aliphatic heterocycles. The van der Waals surface area contributed by atoms with Crippen molar-refractivity contribution in [3.05, 3.63) is 53.5 Å². The molecule has 0 bridgehead atoms. The average Bonchev–Trinajstić information content (AvgIpc) is 3.08. The second-order valence-electron chi connectivity index (χ2n) is 5.51. The molecule has 1 N–H and O–H groups in total. The van der Waals surface area contributed by atoms with Crippen molar-refractivity contribution in [1.29, 1.82) is 0 Å². The van der Waals surface area contributed by atoms with Crippen LogP contribution in [-0.4, -0.2) is 16.9 Å². The van der Waals surface area contributed by atoms with Gasteiger partial charge in [-0.2, -0.15) is 0 Å². The number of halogens is 1. The summed E-state index contributed by atoms with van der Waals surface area (Å²) in [6.07, 6.45) is 4.17. The minimum atomic E-state index is -0.284. The van der Waals surface area contributed by atoms with Gasteiger partial charge < -0.3 is 9.73 Å². The third kappa shape index (κ3) is 3.12. The first-order chi connectivity index (χ1) is 10.1. The van der Waals surface area contributed by atoms with Crippen LogP contribution < -0.4 is 5.32 Å². The molecule has 1 heterocycles. The Morgan fingerprint density at radius 3 is 3.00 bits per heavy atom. The van der Waals surface area contributed by atoms with E-state index in [-0.39, 0.29) is 29.6 Å². The molecule has 1 aromatic heterocycles. The molecule has 1 saturated carbocycles. The van der Waals surface area contributed by atoms with Crippen LogP contribution in [0.1, 0.15) is 47.2 Å². The van der Waals surface area contributed by atoms with Crippen molar-refractivity contribution in [3.8, 4) is 0 Å². The highest BCUT2D eigenvalue weighted by molar-refractivity contribution is 5.89. The zero-order valence-electron chi connectivity index (χ0n) is 11.8. The summed E-state index contributed by atoms with van der Waals surface area (Å²) < 4.78 is 18.5. The summed E-state index contributed by atoms with van der Waals surface area (Å²) in [4.78, 5) is 15.9. The molecule has 1 fully saturated rings. The highest BCUT2D eigenvalue weighted by Gasteiger charge is 2.28. The summed E-state index contributed by atoms with van der Waals surface area (Å²) in [6, 6.07) is 6.77. The van der Waals surface area contributed by atoms with Crippen molar-refractivity contribution >= 4 is 5.91 Å². The fourth-order valence-corrected chi connectivity index (χ4v) is 2.88. The normalized spacial score (nSPS) is 21.4. The Morgan fingerprint density at radius 1 is 1.43 bits per heavy atom. The molecular formula is C16H17FN2O2. The van der Waals surface area contributed by atoms with Crippen molar-refractivity contribution in [2.75, 3.05) is 0 Å². The maximum absolute atomic E-state index is 13.3. The van der Waals surface area contributed by atoms with Crippen molar-refractivity contribution < 1.29 is 13.6 Å². The third-order valence-electron chi connectivity index (χ3n) is 3.90. The van der Waals surface area contributed by atoms with Crippen LogP contribution in [0, 0.1) is 12.7 Å². The lowest BCUT2D eigenvalue weighted by atomic mass is 9.97. The standard InChI is InChI=1S/C16H17FN2O2/c1-10-9-18-16(21-10)15(20)19-14-6-5-12(8-14)11-3-2-4-13(17)7-11/h2-4,7,9,12,14H,5-6,8H2,1H3,(H,19,20)/t12-,14-/m0/s1. The number of carbonyl (C=O) groups is 1. The van der Waals surface area contributed by atoms with Gasteiger partial charge in [0.1, 0.15) is 11.6 Å². The summed E-state index contributed by atoms with van der Waals surface area (Å²) >= 11 is 0. The van der Waals surface area contributed by atoms with Crippen molar-refractivity contribution in [2.45, 2.75) is 38.1 Å². The van der Waals surface area contributed by atoms with Gasteiger partial charge >= 0.3 is 5.91 Å². The molecule has 5 heteroatoms. The van der Waals surface area contributed by atoms with Gasteiger partial charge in [0, 0.05) is 6.04 Å². The van der Waals surface area contributed by atoms with E-state index < -0.39 is 0 Å². The molecular weight excluding hydrogens is 271 g/mol. The fraction of sp³-hybridized carbons (Fsp3) is 0.375. The first-order valence-electron chi connectivity index (χ1n) is 7.10. The number of aromatic nitrogens is 1. The van der Waals surface area contributed by atoms with E-state index in [1.54, 1.807) is 19.1 Å². The lowest BCUT2D eigenvalue weighted by Gasteiger charge is -2.12. The Bertz CT molecular complexity index is 653. The second kappa shape index (κ2) is 5.68. The van der Waals surface area contributed by atoms with Crippen LogP contribution in [0.4, 0.5) is 4.39 Å². The Labute approximate surface area is 122 Å². The zero-order chi connectivity index (χ0) is 14.8. The first kappa shape index (κ1) is 13.8. The molecule has 0 unspecified atom stereocenters. The summed E-state index contributed by atoms with van der Waals surface area (Å²) in [5, 5.41) is 2.93. The fourth-order valence-electron chi connectivity index (χ4n) is 2.88. The van der Waals surface area contributed by atoms with Gasteiger partial charge in [-0.1, -0.05) is 12.1 Å². The topological polar surface area (TPSA) is 55.1 Å². The molecule has 2 atom stereocenters. The van der Waals surface area contributed by atoms with Gasteiger partial charge in [-0.25, -0.2) is 9.37 Å². The van der Waals surface area contributed by atoms with E-state index in [9.17, 15) is 9.18 Å². The molecule has 4 nitrogen and oxygen atoms in total. The van der Waals surface area contributed by atoms with Crippen LogP contribution >= 0.6 is 0 Å². The largest absolute Gasteiger partial charge is 0.438 e. The van der Waals surface area contributed by atoms with Crippen LogP contribution in [0.2, 0.25) is 0 Å². The number of hydrogen-bond acceptors (Lipinski definition) is 3. The molecule has 1 aliphatic carbocycles. The Morgan fingerprint density at radius 2 is 2.29 bits per heavy atom. The number of nitrogens with one attached hydrogen (secondary N) is 1. The molecule has 1 aliphatic rings. The smallest absolute Gasteiger partial charge is 0.307 e. The predicted octanol–water partition coefficient (Wildman–Crippen LogP) is 3.19.